The van der Waals surface area contributed by atoms with E-state index in [9.17, 15) is 9.59 Å². The Morgan fingerprint density at radius 1 is 1.35 bits per heavy atom. The van der Waals surface area contributed by atoms with Crippen molar-refractivity contribution in [2.24, 2.45) is 0 Å². The molecular formula is C17H21BrN2O3. The Hall–Kier alpha value is -1.82. The minimum atomic E-state index is -0.510. The molecule has 1 N–H and O–H groups in total. The molecule has 0 radical (unpaired) electrons. The van der Waals surface area contributed by atoms with Gasteiger partial charge in [-0.05, 0) is 45.4 Å². The summed E-state index contributed by atoms with van der Waals surface area (Å²) in [7, 11) is 0. The van der Waals surface area contributed by atoms with Gasteiger partial charge in [-0.1, -0.05) is 28.1 Å². The summed E-state index contributed by atoms with van der Waals surface area (Å²) in [5.74, 6) is -0.399. The molecule has 0 aromatic heterocycles. The smallest absolute Gasteiger partial charge is 0.338 e. The number of nitrogens with one attached hydrogen (secondary N) is 1. The highest BCUT2D eigenvalue weighted by molar-refractivity contribution is 9.10. The molecule has 2 amide bonds. The summed E-state index contributed by atoms with van der Waals surface area (Å²) < 4.78 is 6.32. The van der Waals surface area contributed by atoms with Crippen molar-refractivity contribution in [2.75, 3.05) is 6.54 Å². The van der Waals surface area contributed by atoms with Crippen LogP contribution in [0.4, 0.5) is 4.79 Å². The molecule has 1 unspecified atom stereocenters. The lowest BCUT2D eigenvalue weighted by molar-refractivity contribution is -0.143. The number of carbonyl (C=O) groups is 2. The number of benzene rings is 1. The molecule has 0 saturated carbocycles. The average molecular weight is 381 g/mol. The number of nitrogens with zero attached hydrogens (tertiary/aromatic N) is 1. The third kappa shape index (κ3) is 3.75. The van der Waals surface area contributed by atoms with Crippen molar-refractivity contribution in [2.45, 2.75) is 39.8 Å². The predicted octanol–water partition coefficient (Wildman–Crippen LogP) is 3.76. The Labute approximate surface area is 144 Å². The lowest BCUT2D eigenvalue weighted by atomic mass is 9.95. The number of hydrogen-bond acceptors (Lipinski definition) is 3. The highest BCUT2D eigenvalue weighted by atomic mass is 79.9. The first-order valence-corrected chi connectivity index (χ1v) is 8.39. The van der Waals surface area contributed by atoms with E-state index in [2.05, 4.69) is 21.2 Å². The van der Waals surface area contributed by atoms with Crippen LogP contribution < -0.4 is 5.32 Å². The first-order valence-electron chi connectivity index (χ1n) is 7.60. The summed E-state index contributed by atoms with van der Waals surface area (Å²) in [6, 6.07) is 6.81. The number of ether oxygens (including phenoxy) is 1. The standard InChI is InChI=1S/C17H21BrN2O3/c1-5-20-11(4)14(16(21)23-10(2)3)15(19-17(20)22)12-6-8-13(18)9-7-12/h6-10,15H,5H2,1-4H3,(H,19,22). The fourth-order valence-corrected chi connectivity index (χ4v) is 2.87. The average Bonchev–Trinajstić information content (AvgIpc) is 2.46. The van der Waals surface area contributed by atoms with Crippen LogP contribution in [0.1, 0.15) is 39.3 Å². The van der Waals surface area contributed by atoms with Crippen LogP contribution in [-0.4, -0.2) is 29.5 Å². The van der Waals surface area contributed by atoms with Crippen molar-refractivity contribution < 1.29 is 14.3 Å². The monoisotopic (exact) mass is 380 g/mol. The first kappa shape index (κ1) is 17.5. The van der Waals surface area contributed by atoms with Crippen LogP contribution in [0.15, 0.2) is 40.0 Å². The van der Waals surface area contributed by atoms with E-state index in [0.717, 1.165) is 10.0 Å². The number of carbonyl (C=O) groups excluding carboxylic acids is 2. The molecule has 1 heterocycles. The van der Waals surface area contributed by atoms with Gasteiger partial charge >= 0.3 is 12.0 Å². The van der Waals surface area contributed by atoms with E-state index in [4.69, 9.17) is 4.74 Å². The molecule has 1 aromatic carbocycles. The third-order valence-electron chi connectivity index (χ3n) is 3.68. The summed E-state index contributed by atoms with van der Waals surface area (Å²) in [5, 5.41) is 2.90. The number of esters is 1. The molecule has 0 fully saturated rings. The van der Waals surface area contributed by atoms with Crippen LogP contribution in [0, 0.1) is 0 Å². The minimum absolute atomic E-state index is 0.209. The van der Waals surface area contributed by atoms with Crippen molar-refractivity contribution in [1.82, 2.24) is 10.2 Å². The zero-order valence-corrected chi connectivity index (χ0v) is 15.3. The maximum Gasteiger partial charge on any atom is 0.338 e. The fourth-order valence-electron chi connectivity index (χ4n) is 2.61. The van der Waals surface area contributed by atoms with Gasteiger partial charge in [0.2, 0.25) is 0 Å². The van der Waals surface area contributed by atoms with Crippen molar-refractivity contribution >= 4 is 27.9 Å². The second kappa shape index (κ2) is 7.17. The summed E-state index contributed by atoms with van der Waals surface area (Å²) in [6.45, 7) is 7.76. The SMILES string of the molecule is CCN1C(=O)NC(c2ccc(Br)cc2)C(C(=O)OC(C)C)=C1C. The number of rotatable bonds is 4. The van der Waals surface area contributed by atoms with Crippen molar-refractivity contribution in [3.63, 3.8) is 0 Å². The molecule has 124 valence electrons. The number of halogens is 1. The molecule has 5 nitrogen and oxygen atoms in total. The zero-order valence-electron chi connectivity index (χ0n) is 13.7. The molecule has 1 aliphatic heterocycles. The first-order chi connectivity index (χ1) is 10.8. The van der Waals surface area contributed by atoms with E-state index in [-0.39, 0.29) is 12.1 Å². The predicted molar refractivity (Wildman–Crippen MR) is 91.7 cm³/mol. The van der Waals surface area contributed by atoms with Gasteiger partial charge < -0.3 is 10.1 Å². The normalized spacial score (nSPS) is 18.3. The van der Waals surface area contributed by atoms with Gasteiger partial charge in [-0.25, -0.2) is 9.59 Å². The number of amides is 2. The van der Waals surface area contributed by atoms with E-state index in [1.165, 1.54) is 0 Å². The topological polar surface area (TPSA) is 58.6 Å². The number of allylic oxidation sites excluding steroid dienone is 1. The molecule has 23 heavy (non-hydrogen) atoms. The largest absolute Gasteiger partial charge is 0.459 e. The van der Waals surface area contributed by atoms with Crippen LogP contribution in [0.5, 0.6) is 0 Å². The molecule has 2 rings (SSSR count). The van der Waals surface area contributed by atoms with Gasteiger partial charge in [0.25, 0.3) is 0 Å². The Morgan fingerprint density at radius 3 is 2.48 bits per heavy atom. The second-order valence-electron chi connectivity index (χ2n) is 5.63. The Balaban J connectivity index is 2.49. The lowest BCUT2D eigenvalue weighted by Crippen LogP contribution is -2.48. The summed E-state index contributed by atoms with van der Waals surface area (Å²) in [5.41, 5.74) is 1.95. The molecule has 0 spiro atoms. The number of hydrogen-bond donors (Lipinski definition) is 1. The third-order valence-corrected chi connectivity index (χ3v) is 4.21. The molecule has 1 aliphatic rings. The van der Waals surface area contributed by atoms with E-state index in [1.54, 1.807) is 25.7 Å². The molecule has 1 aromatic rings. The van der Waals surface area contributed by atoms with E-state index in [1.807, 2.05) is 31.2 Å². The molecular weight excluding hydrogens is 360 g/mol. The maximum absolute atomic E-state index is 12.6. The van der Waals surface area contributed by atoms with Gasteiger partial charge in [0.15, 0.2) is 0 Å². The quantitative estimate of drug-likeness (QED) is 0.808. The molecule has 0 aliphatic carbocycles. The van der Waals surface area contributed by atoms with E-state index >= 15 is 0 Å². The fraction of sp³-hybridized carbons (Fsp3) is 0.412. The van der Waals surface area contributed by atoms with Gasteiger partial charge in [-0.15, -0.1) is 0 Å². The van der Waals surface area contributed by atoms with Gasteiger partial charge in [0, 0.05) is 16.7 Å². The van der Waals surface area contributed by atoms with Crippen LogP contribution in [-0.2, 0) is 9.53 Å². The zero-order chi connectivity index (χ0) is 17.1. The summed E-state index contributed by atoms with van der Waals surface area (Å²) >= 11 is 3.39. The van der Waals surface area contributed by atoms with E-state index in [0.29, 0.717) is 17.8 Å². The van der Waals surface area contributed by atoms with Crippen molar-refractivity contribution in [3.05, 3.63) is 45.6 Å². The van der Waals surface area contributed by atoms with Crippen LogP contribution in [0.25, 0.3) is 0 Å². The minimum Gasteiger partial charge on any atom is -0.459 e. The Morgan fingerprint density at radius 2 is 1.96 bits per heavy atom. The van der Waals surface area contributed by atoms with Crippen LogP contribution >= 0.6 is 15.9 Å². The Bertz CT molecular complexity index is 638. The van der Waals surface area contributed by atoms with Gasteiger partial charge in [-0.3, -0.25) is 4.90 Å². The number of urea groups is 1. The maximum atomic E-state index is 12.6. The van der Waals surface area contributed by atoms with Gasteiger partial charge in [0.1, 0.15) is 0 Å². The van der Waals surface area contributed by atoms with E-state index < -0.39 is 12.0 Å². The molecule has 1 atom stereocenters. The molecule has 0 saturated heterocycles. The van der Waals surface area contributed by atoms with Gasteiger partial charge in [-0.2, -0.15) is 0 Å². The van der Waals surface area contributed by atoms with Crippen LogP contribution in [0.3, 0.4) is 0 Å². The second-order valence-corrected chi connectivity index (χ2v) is 6.55. The lowest BCUT2D eigenvalue weighted by Gasteiger charge is -2.35. The molecule has 6 heteroatoms. The summed E-state index contributed by atoms with van der Waals surface area (Å²) in [4.78, 5) is 26.4. The van der Waals surface area contributed by atoms with Gasteiger partial charge in [0.05, 0.1) is 17.7 Å². The van der Waals surface area contributed by atoms with Crippen molar-refractivity contribution in [1.29, 1.82) is 0 Å². The highest BCUT2D eigenvalue weighted by Gasteiger charge is 2.36. The molecule has 0 bridgehead atoms. The highest BCUT2D eigenvalue weighted by Crippen LogP contribution is 2.32. The Kier molecular flexibility index (Phi) is 5.46. The van der Waals surface area contributed by atoms with Crippen molar-refractivity contribution in [3.8, 4) is 0 Å². The van der Waals surface area contributed by atoms with Crippen LogP contribution in [0.2, 0.25) is 0 Å². The summed E-state index contributed by atoms with van der Waals surface area (Å²) in [6.07, 6.45) is -0.221.